The summed E-state index contributed by atoms with van der Waals surface area (Å²) in [7, 11) is 0. The molecule has 17 amide bonds. The lowest BCUT2D eigenvalue weighted by Crippen LogP contribution is -2.57. The predicted octanol–water partition coefficient (Wildman–Crippen LogP) is -5.05. The molecule has 2 aromatic rings. The molecule has 0 bridgehead atoms. The Morgan fingerprint density at radius 3 is 1.02 bits per heavy atom. The average molecular weight is 1670 g/mol. The zero-order valence-electron chi connectivity index (χ0n) is 64.6. The number of thioether (sulfide) groups is 2. The number of carbonyl (C=O) groups excluding carboxylic acids is 17. The number of aliphatic hydroxyl groups excluding tert-OH is 3. The molecule has 1 aliphatic rings. The van der Waals surface area contributed by atoms with Gasteiger partial charge in [-0.2, -0.15) is 0 Å². The van der Waals surface area contributed by atoms with Crippen LogP contribution in [0.5, 0.6) is 23.5 Å². The van der Waals surface area contributed by atoms with Crippen LogP contribution < -0.4 is 81.0 Å². The van der Waals surface area contributed by atoms with Gasteiger partial charge in [-0.15, -0.1) is 23.5 Å². The molecule has 42 nitrogen and oxygen atoms in total. The molecule has 115 heavy (non-hydrogen) atoms. The number of carbonyl (C=O) groups is 17. The molecular formula is C71H112N18O24S2. The number of aromatic nitrogens is 2. The first kappa shape index (κ1) is 98.5. The van der Waals surface area contributed by atoms with Crippen LogP contribution in [0.1, 0.15) is 155 Å². The van der Waals surface area contributed by atoms with Gasteiger partial charge in [0, 0.05) is 140 Å². The van der Waals surface area contributed by atoms with Crippen molar-refractivity contribution in [3.8, 4) is 23.5 Å². The van der Waals surface area contributed by atoms with Gasteiger partial charge in [-0.1, -0.05) is 6.92 Å². The van der Waals surface area contributed by atoms with E-state index in [9.17, 15) is 112 Å². The summed E-state index contributed by atoms with van der Waals surface area (Å²) in [5.41, 5.74) is 16.9. The highest BCUT2D eigenvalue weighted by Crippen LogP contribution is 2.37. The molecule has 0 aromatic carbocycles. The summed E-state index contributed by atoms with van der Waals surface area (Å²) in [4.78, 5) is 217. The molecule has 3 heterocycles. The van der Waals surface area contributed by atoms with Gasteiger partial charge in [0.05, 0.1) is 29.6 Å². The van der Waals surface area contributed by atoms with E-state index in [4.69, 9.17) is 22.3 Å². The molecule has 3 rings (SSSR count). The first-order valence-corrected chi connectivity index (χ1v) is 39.8. The molecule has 0 radical (unpaired) electrons. The normalized spacial score (nSPS) is 13.5. The molecule has 0 fully saturated rings. The van der Waals surface area contributed by atoms with Crippen LogP contribution in [0.25, 0.3) is 0 Å². The predicted molar refractivity (Wildman–Crippen MR) is 413 cm³/mol. The van der Waals surface area contributed by atoms with Crippen molar-refractivity contribution in [2.24, 2.45) is 17.2 Å². The molecule has 0 saturated heterocycles. The Morgan fingerprint density at radius 1 is 0.374 bits per heavy atom. The molecule has 0 saturated carbocycles. The van der Waals surface area contributed by atoms with Crippen LogP contribution >= 0.6 is 23.5 Å². The van der Waals surface area contributed by atoms with Crippen LogP contribution in [0.4, 0.5) is 0 Å². The van der Waals surface area contributed by atoms with E-state index < -0.39 is 168 Å². The van der Waals surface area contributed by atoms with Gasteiger partial charge in [-0.3, -0.25) is 95.5 Å². The van der Waals surface area contributed by atoms with Gasteiger partial charge < -0.3 is 117 Å². The van der Waals surface area contributed by atoms with E-state index in [-0.39, 0.29) is 182 Å². The number of imide groups is 1. The van der Waals surface area contributed by atoms with Crippen LogP contribution in [0.15, 0.2) is 34.1 Å². The number of aliphatic hydroxyl groups is 3. The fourth-order valence-corrected chi connectivity index (χ4v) is 13.2. The third kappa shape index (κ3) is 38.3. The van der Waals surface area contributed by atoms with Crippen LogP contribution in [0.3, 0.4) is 0 Å². The Balaban J connectivity index is 1.64. The van der Waals surface area contributed by atoms with Gasteiger partial charge >= 0.3 is 0 Å². The average Bonchev–Trinajstić information content (AvgIpc) is 1.69. The van der Waals surface area contributed by atoms with Crippen LogP contribution in [-0.4, -0.2) is 263 Å². The quantitative estimate of drug-likeness (QED) is 0.0167. The summed E-state index contributed by atoms with van der Waals surface area (Å²) in [6.07, 6.45) is 4.39. The third-order valence-electron chi connectivity index (χ3n) is 17.6. The molecule has 7 unspecified atom stereocenters. The topological polar surface area (TPSA) is 667 Å². The molecule has 2 aromatic heterocycles. The largest absolute Gasteiger partial charge is 0.494 e. The van der Waals surface area contributed by atoms with Gasteiger partial charge in [-0.05, 0) is 96.3 Å². The number of amides is 17. The number of hydrogen-bond acceptors (Lipinski definition) is 26. The first-order valence-electron chi connectivity index (χ1n) is 37.9. The molecule has 25 N–H and O–H groups in total. The van der Waals surface area contributed by atoms with Crippen LogP contribution in [-0.2, 0) is 94.6 Å². The second-order valence-electron chi connectivity index (χ2n) is 26.7. The first-order chi connectivity index (χ1) is 54.7. The van der Waals surface area contributed by atoms with Gasteiger partial charge in [0.2, 0.25) is 100 Å². The van der Waals surface area contributed by atoms with E-state index >= 15 is 0 Å². The van der Waals surface area contributed by atoms with Crippen molar-refractivity contribution in [1.82, 2.24) is 77.8 Å². The Morgan fingerprint density at radius 2 is 0.670 bits per heavy atom. The molecular weight excluding hydrogens is 1550 g/mol. The smallest absolute Gasteiger partial charge is 0.253 e. The Labute approximate surface area is 672 Å². The zero-order chi connectivity index (χ0) is 85.5. The van der Waals surface area contributed by atoms with Crippen molar-refractivity contribution in [2.75, 3.05) is 70.6 Å². The number of rotatable bonds is 61. The number of primary amides is 3. The van der Waals surface area contributed by atoms with E-state index in [1.807, 2.05) is 0 Å². The highest BCUT2D eigenvalue weighted by atomic mass is 32.2. The summed E-state index contributed by atoms with van der Waals surface area (Å²) in [5.74, 6) is -14.0. The molecule has 642 valence electrons. The van der Waals surface area contributed by atoms with Gasteiger partial charge in [0.25, 0.3) is 11.8 Å². The summed E-state index contributed by atoms with van der Waals surface area (Å²) in [5, 5.41) is 102. The molecule has 1 aliphatic heterocycles. The van der Waals surface area contributed by atoms with Gasteiger partial charge in [0.1, 0.15) is 42.3 Å². The number of nitrogens with two attached hydrogens (primary N) is 3. The Hall–Kier alpha value is -10.7. The molecule has 0 spiro atoms. The fraction of sp³-hybridized carbons (Fsp3) is 0.620. The number of aromatic hydroxyl groups is 4. The number of nitrogens with one attached hydrogen (secondary N) is 12. The van der Waals surface area contributed by atoms with Crippen molar-refractivity contribution < 1.29 is 117 Å². The monoisotopic (exact) mass is 1660 g/mol. The van der Waals surface area contributed by atoms with E-state index in [1.54, 1.807) is 6.92 Å². The highest BCUT2D eigenvalue weighted by Gasteiger charge is 2.33. The Kier molecular flexibility index (Phi) is 46.3. The lowest BCUT2D eigenvalue weighted by molar-refractivity contribution is -0.137. The van der Waals surface area contributed by atoms with Crippen molar-refractivity contribution in [3.05, 3.63) is 24.3 Å². The van der Waals surface area contributed by atoms with Gasteiger partial charge in [0.15, 0.2) is 11.8 Å². The molecule has 7 atom stereocenters. The van der Waals surface area contributed by atoms with Crippen molar-refractivity contribution >= 4 is 124 Å². The summed E-state index contributed by atoms with van der Waals surface area (Å²) in [6.45, 7) is 1.61. The third-order valence-corrected chi connectivity index (χ3v) is 19.8. The maximum absolute atomic E-state index is 14.3. The number of nitrogens with zero attached hydrogens (tertiary/aromatic N) is 3. The van der Waals surface area contributed by atoms with E-state index in [1.165, 1.54) is 0 Å². The minimum absolute atomic E-state index is 0.00833. The maximum atomic E-state index is 14.3. The van der Waals surface area contributed by atoms with Crippen molar-refractivity contribution in [1.29, 1.82) is 0 Å². The standard InChI is InChI=1S/C71H112N18O24S2/c1-3-52(94)75-27-11-6-16-45(81-57(99)25-36-91)66(108)83-43(63(72)105)14-4-9-28-77-54(96)22-33-88-61(103)38-50(70(88)112)114-40-48(65(74)107)86-68(110)47(18-8-13-30-76-53(95)21-32-87-59(101)19-20-60(87)102)85-69(111)49(80-42(2)93)41-115-51-39-62(104)89(71(51)113)34-23-55(97)78-29-10-5-15-44(64(73)106)84-67(109)46(82-58(100)26-37-92)17-7-12-31-79-56(98)24-35-90/h19-20,38-39,43-49,90-92,103-104,112-113H,3-18,21-37,40-41H2,1-2H3,(H2,72,105)(H2,73,106)(H2,74,107)(H,75,94)(H,76,95)(H,77,96)(H,78,97)(H,79,98)(H,80,93)(H,81,99)(H,82,100)(H,83,108)(H,84,109)(H,85,111)(H,86,110). The minimum atomic E-state index is -1.53. The van der Waals surface area contributed by atoms with E-state index in [0.717, 1.165) is 68.8 Å². The fourth-order valence-electron chi connectivity index (χ4n) is 11.2. The van der Waals surface area contributed by atoms with Crippen LogP contribution in [0, 0.1) is 0 Å². The lowest BCUT2D eigenvalue weighted by Gasteiger charge is -2.24. The zero-order valence-corrected chi connectivity index (χ0v) is 66.2. The van der Waals surface area contributed by atoms with Crippen molar-refractivity contribution in [2.45, 2.75) is 220 Å². The van der Waals surface area contributed by atoms with E-state index in [2.05, 4.69) is 63.8 Å². The van der Waals surface area contributed by atoms with E-state index in [0.29, 0.717) is 51.5 Å². The second kappa shape index (κ2) is 54.1. The summed E-state index contributed by atoms with van der Waals surface area (Å²) < 4.78 is 1.99. The summed E-state index contributed by atoms with van der Waals surface area (Å²) in [6, 6.07) is -6.72. The molecule has 0 aliphatic carbocycles. The second-order valence-corrected chi connectivity index (χ2v) is 28.8. The minimum Gasteiger partial charge on any atom is -0.494 e. The lowest BCUT2D eigenvalue weighted by atomic mass is 10.1. The molecule has 44 heteroatoms. The SMILES string of the molecule is CCC(=O)NCCCCC(NC(=O)CCO)C(=O)NC(CCCCNC(=O)CCn1c(O)cc(SCC(NC(=O)C(CCCCNC(=O)CCN2C(=O)C=CC2=O)NC(=O)C(CSc2cc(O)n(CCC(=O)NCCCCC(NC(=O)C(CCCCNC(=O)CCO)NC(=O)CCO)C(N)=O)c2O)NC(C)=O)C(N)=O)c1O)C(N)=O. The number of unbranched alkanes of at least 4 members (excludes halogenated alkanes) is 5. The highest BCUT2D eigenvalue weighted by molar-refractivity contribution is 7.99. The van der Waals surface area contributed by atoms with Gasteiger partial charge in [-0.25, -0.2) is 0 Å². The Bertz CT molecular complexity index is 3650. The number of hydrogen-bond donors (Lipinski definition) is 22. The van der Waals surface area contributed by atoms with Crippen LogP contribution in [0.2, 0.25) is 0 Å². The summed E-state index contributed by atoms with van der Waals surface area (Å²) >= 11 is 1.55. The maximum Gasteiger partial charge on any atom is 0.253 e. The van der Waals surface area contributed by atoms with Crippen molar-refractivity contribution in [3.63, 3.8) is 0 Å².